The van der Waals surface area contributed by atoms with Crippen molar-refractivity contribution in [3.63, 3.8) is 0 Å². The smallest absolute Gasteiger partial charge is 0.326 e. The number of nitrogens with zero attached hydrogens (tertiary/aromatic N) is 5. The van der Waals surface area contributed by atoms with Gasteiger partial charge in [0.15, 0.2) is 0 Å². The van der Waals surface area contributed by atoms with Crippen LogP contribution < -0.4 is 9.80 Å². The van der Waals surface area contributed by atoms with E-state index in [0.717, 1.165) is 60.2 Å². The fraction of sp³-hybridized carbons (Fsp3) is 0.458. The Morgan fingerprint density at radius 2 is 1.65 bits per heavy atom. The van der Waals surface area contributed by atoms with Crippen LogP contribution in [0.5, 0.6) is 0 Å². The second-order valence-electron chi connectivity index (χ2n) is 8.26. The van der Waals surface area contributed by atoms with E-state index >= 15 is 0 Å². The van der Waals surface area contributed by atoms with Crippen LogP contribution in [0.15, 0.2) is 36.4 Å². The molecule has 2 fully saturated rings. The van der Waals surface area contributed by atoms with Gasteiger partial charge < -0.3 is 19.1 Å². The molecule has 31 heavy (non-hydrogen) atoms. The third-order valence-corrected chi connectivity index (χ3v) is 6.18. The Balaban J connectivity index is 1.71. The maximum absolute atomic E-state index is 12.5. The van der Waals surface area contributed by atoms with Crippen molar-refractivity contribution in [3.8, 4) is 11.3 Å². The van der Waals surface area contributed by atoms with Gasteiger partial charge in [0.25, 0.3) is 0 Å². The number of anilines is 2. The van der Waals surface area contributed by atoms with Crippen molar-refractivity contribution < 1.29 is 9.53 Å². The molecule has 5 rings (SSSR count). The Hall–Kier alpha value is -3.09. The molecule has 0 bridgehead atoms. The third-order valence-electron chi connectivity index (χ3n) is 6.18. The molecule has 2 aromatic heterocycles. The van der Waals surface area contributed by atoms with Crippen LogP contribution >= 0.6 is 0 Å². The highest BCUT2D eigenvalue weighted by Gasteiger charge is 2.26. The van der Waals surface area contributed by atoms with Crippen molar-refractivity contribution >= 4 is 28.8 Å². The maximum Gasteiger partial charge on any atom is 0.326 e. The van der Waals surface area contributed by atoms with Gasteiger partial charge in [0.2, 0.25) is 5.95 Å². The summed E-state index contributed by atoms with van der Waals surface area (Å²) in [5.41, 5.74) is 2.84. The van der Waals surface area contributed by atoms with Gasteiger partial charge in [-0.3, -0.25) is 4.79 Å². The first-order chi connectivity index (χ1) is 15.2. The first-order valence-corrected chi connectivity index (χ1v) is 11.4. The minimum atomic E-state index is -0.249. The van der Waals surface area contributed by atoms with Gasteiger partial charge in [-0.25, -0.2) is 0 Å². The zero-order chi connectivity index (χ0) is 21.2. The summed E-state index contributed by atoms with van der Waals surface area (Å²) < 4.78 is 7.29. The second-order valence-corrected chi connectivity index (χ2v) is 8.26. The van der Waals surface area contributed by atoms with E-state index in [9.17, 15) is 4.79 Å². The molecule has 7 nitrogen and oxygen atoms in total. The number of hydrogen-bond acceptors (Lipinski definition) is 6. The predicted molar refractivity (Wildman–Crippen MR) is 122 cm³/mol. The Bertz CT molecular complexity index is 1070. The van der Waals surface area contributed by atoms with E-state index in [2.05, 4.69) is 28.0 Å². The first kappa shape index (κ1) is 19.8. The number of esters is 1. The van der Waals surface area contributed by atoms with Crippen molar-refractivity contribution in [2.45, 2.75) is 39.2 Å². The molecular weight excluding hydrogens is 390 g/mol. The molecule has 0 unspecified atom stereocenters. The number of benzene rings is 1. The molecule has 0 spiro atoms. The number of ether oxygens (including phenoxy) is 1. The van der Waals surface area contributed by atoms with Crippen LogP contribution in [0, 0.1) is 0 Å². The van der Waals surface area contributed by atoms with Gasteiger partial charge in [0.05, 0.1) is 17.7 Å². The van der Waals surface area contributed by atoms with Gasteiger partial charge in [0.1, 0.15) is 18.0 Å². The lowest BCUT2D eigenvalue weighted by Gasteiger charge is -2.21. The average Bonchev–Trinajstić information content (AvgIpc) is 3.55. The molecule has 0 amide bonds. The molecule has 4 heterocycles. The molecule has 0 aliphatic carbocycles. The highest BCUT2D eigenvalue weighted by atomic mass is 16.5. The molecule has 3 aromatic rings. The van der Waals surface area contributed by atoms with Gasteiger partial charge in [0, 0.05) is 26.2 Å². The Kier molecular flexibility index (Phi) is 5.49. The van der Waals surface area contributed by atoms with Crippen LogP contribution in [-0.4, -0.2) is 53.3 Å². The summed E-state index contributed by atoms with van der Waals surface area (Å²) in [6.07, 6.45) is 4.69. The van der Waals surface area contributed by atoms with E-state index in [0.29, 0.717) is 6.61 Å². The van der Waals surface area contributed by atoms with Gasteiger partial charge >= 0.3 is 5.97 Å². The molecule has 1 aromatic carbocycles. The zero-order valence-electron chi connectivity index (χ0n) is 18.1. The summed E-state index contributed by atoms with van der Waals surface area (Å²) in [7, 11) is 0. The van der Waals surface area contributed by atoms with E-state index < -0.39 is 0 Å². The molecular formula is C24H29N5O2. The minimum Gasteiger partial charge on any atom is -0.465 e. The molecule has 162 valence electrons. The lowest BCUT2D eigenvalue weighted by molar-refractivity contribution is -0.143. The summed E-state index contributed by atoms with van der Waals surface area (Å²) in [5, 5.41) is 1.01. The van der Waals surface area contributed by atoms with Crippen molar-refractivity contribution in [1.29, 1.82) is 0 Å². The van der Waals surface area contributed by atoms with Gasteiger partial charge in [-0.2, -0.15) is 9.97 Å². The predicted octanol–water partition coefficient (Wildman–Crippen LogP) is 3.86. The molecule has 2 aliphatic rings. The van der Waals surface area contributed by atoms with E-state index in [1.54, 1.807) is 0 Å². The topological polar surface area (TPSA) is 63.5 Å². The quantitative estimate of drug-likeness (QED) is 0.566. The van der Waals surface area contributed by atoms with Crippen LogP contribution in [0.25, 0.3) is 22.3 Å². The second kappa shape index (κ2) is 8.57. The standard InChI is InChI=1S/C24H29N5O2/c1-2-31-21(30)17-29-20(18-10-4-3-5-11-18)16-19-22(27-12-6-7-13-27)25-24(26-23(19)29)28-14-8-9-15-28/h3-5,10-11,16H,2,6-9,12-15,17H2,1H3. The van der Waals surface area contributed by atoms with Gasteiger partial charge in [-0.05, 0) is 44.2 Å². The third kappa shape index (κ3) is 3.84. The van der Waals surface area contributed by atoms with E-state index in [1.807, 2.05) is 29.7 Å². The molecule has 2 saturated heterocycles. The molecule has 0 radical (unpaired) electrons. The Labute approximate surface area is 182 Å². The summed E-state index contributed by atoms with van der Waals surface area (Å²) in [5.74, 6) is 1.51. The van der Waals surface area contributed by atoms with Crippen molar-refractivity contribution in [2.24, 2.45) is 0 Å². The Morgan fingerprint density at radius 1 is 0.968 bits per heavy atom. The highest BCUT2D eigenvalue weighted by Crippen LogP contribution is 2.35. The maximum atomic E-state index is 12.5. The molecule has 2 aliphatic heterocycles. The minimum absolute atomic E-state index is 0.136. The average molecular weight is 420 g/mol. The lowest BCUT2D eigenvalue weighted by atomic mass is 10.1. The van der Waals surface area contributed by atoms with E-state index in [4.69, 9.17) is 14.7 Å². The van der Waals surface area contributed by atoms with Crippen LogP contribution in [0.4, 0.5) is 11.8 Å². The van der Waals surface area contributed by atoms with Gasteiger partial charge in [-0.15, -0.1) is 0 Å². The zero-order valence-corrected chi connectivity index (χ0v) is 18.1. The number of rotatable bonds is 6. The fourth-order valence-electron chi connectivity index (χ4n) is 4.67. The summed E-state index contributed by atoms with van der Waals surface area (Å²) in [6, 6.07) is 12.3. The molecule has 0 atom stereocenters. The summed E-state index contributed by atoms with van der Waals surface area (Å²) >= 11 is 0. The Morgan fingerprint density at radius 3 is 2.32 bits per heavy atom. The van der Waals surface area contributed by atoms with Crippen molar-refractivity contribution in [1.82, 2.24) is 14.5 Å². The normalized spacial score (nSPS) is 16.4. The summed E-state index contributed by atoms with van der Waals surface area (Å²) in [4.78, 5) is 27.2. The number of fused-ring (bicyclic) bond motifs is 1. The highest BCUT2D eigenvalue weighted by molar-refractivity contribution is 5.95. The van der Waals surface area contributed by atoms with Crippen molar-refractivity contribution in [3.05, 3.63) is 36.4 Å². The number of hydrogen-bond donors (Lipinski definition) is 0. The fourth-order valence-corrected chi connectivity index (χ4v) is 4.67. The van der Waals surface area contributed by atoms with Gasteiger partial charge in [-0.1, -0.05) is 30.3 Å². The van der Waals surface area contributed by atoms with Crippen LogP contribution in [0.3, 0.4) is 0 Å². The van der Waals surface area contributed by atoms with Crippen LogP contribution in [0.1, 0.15) is 32.6 Å². The summed E-state index contributed by atoms with van der Waals surface area (Å²) in [6.45, 7) is 6.32. The van der Waals surface area contributed by atoms with Crippen LogP contribution in [0.2, 0.25) is 0 Å². The SMILES string of the molecule is CCOC(=O)Cn1c(-c2ccccc2)cc2c(N3CCCC3)nc(N3CCCC3)nc21. The number of aromatic nitrogens is 3. The largest absolute Gasteiger partial charge is 0.465 e. The van der Waals surface area contributed by atoms with Crippen molar-refractivity contribution in [2.75, 3.05) is 42.6 Å². The lowest BCUT2D eigenvalue weighted by Crippen LogP contribution is -2.24. The molecule has 7 heteroatoms. The molecule has 0 N–H and O–H groups in total. The number of carbonyl (C=O) groups is 1. The number of carbonyl (C=O) groups excluding carboxylic acids is 1. The van der Waals surface area contributed by atoms with E-state index in [1.165, 1.54) is 25.7 Å². The molecule has 0 saturated carbocycles. The first-order valence-electron chi connectivity index (χ1n) is 11.4. The van der Waals surface area contributed by atoms with E-state index in [-0.39, 0.29) is 12.5 Å². The van der Waals surface area contributed by atoms with Crippen LogP contribution in [-0.2, 0) is 16.1 Å². The monoisotopic (exact) mass is 419 g/mol.